The molecule has 7 nitrogen and oxygen atoms in total. The van der Waals surface area contributed by atoms with Crippen molar-refractivity contribution in [3.8, 4) is 0 Å². The Morgan fingerprint density at radius 3 is 2.44 bits per heavy atom. The van der Waals surface area contributed by atoms with Gasteiger partial charge in [0.15, 0.2) is 0 Å². The molecule has 0 bridgehead atoms. The van der Waals surface area contributed by atoms with Gasteiger partial charge in [-0.1, -0.05) is 15.9 Å². The van der Waals surface area contributed by atoms with Crippen molar-refractivity contribution >= 4 is 27.8 Å². The van der Waals surface area contributed by atoms with Crippen molar-refractivity contribution in [1.29, 1.82) is 0 Å². The molecule has 0 radical (unpaired) electrons. The van der Waals surface area contributed by atoms with Gasteiger partial charge in [0.05, 0.1) is 25.2 Å². The predicted octanol–water partition coefficient (Wildman–Crippen LogP) is 2.30. The number of hydrogen-bond donors (Lipinski definition) is 2. The lowest BCUT2D eigenvalue weighted by atomic mass is 10.0. The third kappa shape index (κ3) is 8.44. The summed E-state index contributed by atoms with van der Waals surface area (Å²) in [4.78, 5) is 23.7. The van der Waals surface area contributed by atoms with Crippen molar-refractivity contribution in [2.75, 3.05) is 33.7 Å². The molecule has 1 amide bonds. The van der Waals surface area contributed by atoms with Crippen LogP contribution in [-0.4, -0.2) is 56.7 Å². The molecule has 0 aliphatic rings. The van der Waals surface area contributed by atoms with Gasteiger partial charge in [-0.25, -0.2) is 0 Å². The van der Waals surface area contributed by atoms with Crippen LogP contribution in [0.25, 0.3) is 0 Å². The van der Waals surface area contributed by atoms with Crippen LogP contribution in [0, 0.1) is 5.92 Å². The average Bonchev–Trinajstić information content (AvgIpc) is 2.58. The molecule has 1 aromatic carbocycles. The molecule has 1 aromatic rings. The highest BCUT2D eigenvalue weighted by Gasteiger charge is 2.24. The second-order valence-electron chi connectivity index (χ2n) is 5.38. The number of ether oxygens (including phenoxy) is 3. The Kier molecular flexibility index (Phi) is 10.3. The Bertz CT molecular complexity index is 536. The minimum atomic E-state index is -0.977. The number of carboxylic acid groups (broad SMARTS) is 1. The van der Waals surface area contributed by atoms with E-state index in [1.165, 1.54) is 7.11 Å². The molecule has 2 atom stereocenters. The first-order valence-corrected chi connectivity index (χ1v) is 8.70. The van der Waals surface area contributed by atoms with Crippen LogP contribution in [0.1, 0.15) is 23.7 Å². The summed E-state index contributed by atoms with van der Waals surface area (Å²) in [7, 11) is 1.44. The number of carboxylic acids is 1. The van der Waals surface area contributed by atoms with Gasteiger partial charge in [-0.2, -0.15) is 0 Å². The number of carbonyl (C=O) groups is 2. The fraction of sp³-hybridized carbons (Fsp3) is 0.529. The van der Waals surface area contributed by atoms with Crippen LogP contribution in [0.3, 0.4) is 0 Å². The van der Waals surface area contributed by atoms with Gasteiger partial charge in [0.2, 0.25) is 0 Å². The maximum absolute atomic E-state index is 12.4. The highest BCUT2D eigenvalue weighted by atomic mass is 79.9. The van der Waals surface area contributed by atoms with Crippen molar-refractivity contribution in [2.24, 2.45) is 5.92 Å². The van der Waals surface area contributed by atoms with Crippen LogP contribution in [0.15, 0.2) is 28.7 Å². The molecule has 1 rings (SSSR count). The van der Waals surface area contributed by atoms with E-state index in [0.29, 0.717) is 12.2 Å². The first-order valence-electron chi connectivity index (χ1n) is 7.91. The third-order valence-electron chi connectivity index (χ3n) is 3.42. The number of hydrogen-bond acceptors (Lipinski definition) is 5. The SMILES string of the molecule is CCOCOC[C@H](C[C@H](COC)C(=O)O)NC(=O)c1ccc(Br)cc1. The molecule has 0 unspecified atom stereocenters. The summed E-state index contributed by atoms with van der Waals surface area (Å²) < 4.78 is 16.3. The quantitative estimate of drug-likeness (QED) is 0.400. The Hall–Kier alpha value is -1.48. The summed E-state index contributed by atoms with van der Waals surface area (Å²) in [5, 5.41) is 12.1. The van der Waals surface area contributed by atoms with Crippen LogP contribution in [0.5, 0.6) is 0 Å². The number of methoxy groups -OCH3 is 1. The minimum absolute atomic E-state index is 0.0610. The van der Waals surface area contributed by atoms with Crippen LogP contribution < -0.4 is 5.32 Å². The van der Waals surface area contributed by atoms with E-state index >= 15 is 0 Å². The highest BCUT2D eigenvalue weighted by molar-refractivity contribution is 9.10. The molecule has 0 aliphatic carbocycles. The topological polar surface area (TPSA) is 94.1 Å². The van der Waals surface area contributed by atoms with Crippen LogP contribution >= 0.6 is 15.9 Å². The van der Waals surface area contributed by atoms with E-state index in [4.69, 9.17) is 14.2 Å². The van der Waals surface area contributed by atoms with Gasteiger partial charge in [-0.15, -0.1) is 0 Å². The Morgan fingerprint density at radius 2 is 1.88 bits per heavy atom. The first kappa shape index (κ1) is 21.6. The van der Waals surface area contributed by atoms with E-state index < -0.39 is 17.9 Å². The maximum atomic E-state index is 12.4. The number of halogens is 1. The monoisotopic (exact) mass is 417 g/mol. The molecule has 0 aliphatic heterocycles. The lowest BCUT2D eigenvalue weighted by molar-refractivity contribution is -0.144. The molecule has 0 heterocycles. The van der Waals surface area contributed by atoms with Crippen LogP contribution in [0.4, 0.5) is 0 Å². The summed E-state index contributed by atoms with van der Waals surface area (Å²) in [5.74, 6) is -2.01. The number of nitrogens with one attached hydrogen (secondary N) is 1. The van der Waals surface area contributed by atoms with Crippen molar-refractivity contribution < 1.29 is 28.9 Å². The van der Waals surface area contributed by atoms with Crippen LogP contribution in [0.2, 0.25) is 0 Å². The fourth-order valence-electron chi connectivity index (χ4n) is 2.16. The van der Waals surface area contributed by atoms with Gasteiger partial charge < -0.3 is 24.6 Å². The molecule has 0 fully saturated rings. The third-order valence-corrected chi connectivity index (χ3v) is 3.95. The van der Waals surface area contributed by atoms with Crippen molar-refractivity contribution in [2.45, 2.75) is 19.4 Å². The van der Waals surface area contributed by atoms with Crippen molar-refractivity contribution in [3.05, 3.63) is 34.3 Å². The van der Waals surface area contributed by atoms with Crippen molar-refractivity contribution in [1.82, 2.24) is 5.32 Å². The van der Waals surface area contributed by atoms with Gasteiger partial charge in [0.1, 0.15) is 6.79 Å². The van der Waals surface area contributed by atoms with E-state index in [9.17, 15) is 14.7 Å². The second-order valence-corrected chi connectivity index (χ2v) is 6.30. The summed E-state index contributed by atoms with van der Waals surface area (Å²) in [6.45, 7) is 2.65. The van der Waals surface area contributed by atoms with E-state index in [1.807, 2.05) is 6.92 Å². The molecule has 0 saturated heterocycles. The van der Waals surface area contributed by atoms with Gasteiger partial charge in [-0.3, -0.25) is 9.59 Å². The molecule has 0 saturated carbocycles. The summed E-state index contributed by atoms with van der Waals surface area (Å²) in [5.41, 5.74) is 0.483. The maximum Gasteiger partial charge on any atom is 0.308 e. The van der Waals surface area contributed by atoms with Crippen molar-refractivity contribution in [3.63, 3.8) is 0 Å². The Balaban J connectivity index is 2.72. The van der Waals surface area contributed by atoms with E-state index in [2.05, 4.69) is 21.2 Å². The lowest BCUT2D eigenvalue weighted by Gasteiger charge is -2.22. The largest absolute Gasteiger partial charge is 0.481 e. The molecule has 0 spiro atoms. The number of rotatable bonds is 12. The number of carbonyl (C=O) groups excluding carboxylic acids is 1. The van der Waals surface area contributed by atoms with Crippen LogP contribution in [-0.2, 0) is 19.0 Å². The standard InChI is InChI=1S/C17H24BrNO6/c1-3-24-11-25-10-15(8-13(9-23-2)17(21)22)19-16(20)12-4-6-14(18)7-5-12/h4-7,13,15H,3,8-11H2,1-2H3,(H,19,20)(H,21,22)/t13-,15+/m1/s1. The smallest absolute Gasteiger partial charge is 0.308 e. The van der Waals surface area contributed by atoms with Gasteiger partial charge in [0.25, 0.3) is 5.91 Å². The fourth-order valence-corrected chi connectivity index (χ4v) is 2.42. The molecule has 25 heavy (non-hydrogen) atoms. The first-order chi connectivity index (χ1) is 12.0. The van der Waals surface area contributed by atoms with E-state index in [1.54, 1.807) is 24.3 Å². The lowest BCUT2D eigenvalue weighted by Crippen LogP contribution is -2.41. The molecular formula is C17H24BrNO6. The predicted molar refractivity (Wildman–Crippen MR) is 95.5 cm³/mol. The highest BCUT2D eigenvalue weighted by Crippen LogP contribution is 2.13. The Morgan fingerprint density at radius 1 is 1.20 bits per heavy atom. The minimum Gasteiger partial charge on any atom is -0.481 e. The van der Waals surface area contributed by atoms with Gasteiger partial charge in [-0.05, 0) is 37.6 Å². The van der Waals surface area contributed by atoms with Gasteiger partial charge >= 0.3 is 5.97 Å². The molecule has 140 valence electrons. The summed E-state index contributed by atoms with van der Waals surface area (Å²) in [6, 6.07) is 6.41. The molecular weight excluding hydrogens is 394 g/mol. The summed E-state index contributed by atoms with van der Waals surface area (Å²) in [6.07, 6.45) is 0.192. The molecule has 0 aromatic heterocycles. The summed E-state index contributed by atoms with van der Waals surface area (Å²) >= 11 is 3.32. The number of amides is 1. The van der Waals surface area contributed by atoms with E-state index in [0.717, 1.165) is 4.47 Å². The van der Waals surface area contributed by atoms with Gasteiger partial charge in [0, 0.05) is 23.8 Å². The normalized spacial score (nSPS) is 13.2. The zero-order valence-electron chi connectivity index (χ0n) is 14.4. The second kappa shape index (κ2) is 12.0. The zero-order chi connectivity index (χ0) is 18.7. The number of benzene rings is 1. The average molecular weight is 418 g/mol. The van der Waals surface area contributed by atoms with E-state index in [-0.39, 0.29) is 32.3 Å². The molecule has 2 N–H and O–H groups in total. The Labute approximate surface area is 155 Å². The number of aliphatic carboxylic acids is 1. The zero-order valence-corrected chi connectivity index (χ0v) is 16.0. The molecule has 8 heteroatoms.